The van der Waals surface area contributed by atoms with Crippen molar-refractivity contribution in [2.24, 2.45) is 5.92 Å². The molecule has 0 radical (unpaired) electrons. The maximum absolute atomic E-state index is 4.79. The van der Waals surface area contributed by atoms with Crippen molar-refractivity contribution in [1.82, 2.24) is 9.97 Å². The van der Waals surface area contributed by atoms with Gasteiger partial charge in [0.25, 0.3) is 0 Å². The van der Waals surface area contributed by atoms with Gasteiger partial charge in [-0.2, -0.15) is 4.98 Å². The number of thiophene rings is 1. The highest BCUT2D eigenvalue weighted by atomic mass is 32.1. The van der Waals surface area contributed by atoms with E-state index in [1.54, 1.807) is 11.3 Å². The Morgan fingerprint density at radius 1 is 1.40 bits per heavy atom. The van der Waals surface area contributed by atoms with E-state index in [2.05, 4.69) is 47.4 Å². The zero-order valence-corrected chi connectivity index (χ0v) is 13.2. The van der Waals surface area contributed by atoms with E-state index < -0.39 is 0 Å². The average molecular weight is 290 g/mol. The lowest BCUT2D eigenvalue weighted by Gasteiger charge is -2.26. The summed E-state index contributed by atoms with van der Waals surface area (Å²) in [4.78, 5) is 13.0. The summed E-state index contributed by atoms with van der Waals surface area (Å²) in [7, 11) is 0. The summed E-state index contributed by atoms with van der Waals surface area (Å²) in [6.07, 6.45) is 2.58. The van der Waals surface area contributed by atoms with E-state index in [0.717, 1.165) is 29.7 Å². The summed E-state index contributed by atoms with van der Waals surface area (Å²) >= 11 is 1.69. The Kier molecular flexibility index (Phi) is 3.78. The lowest BCUT2D eigenvalue weighted by atomic mass is 10.2. The van der Waals surface area contributed by atoms with Crippen LogP contribution in [0.1, 0.15) is 33.6 Å². The molecule has 2 heterocycles. The van der Waals surface area contributed by atoms with Crippen LogP contribution in [0.4, 0.5) is 11.8 Å². The van der Waals surface area contributed by atoms with Crippen LogP contribution in [-0.2, 0) is 0 Å². The van der Waals surface area contributed by atoms with Crippen molar-refractivity contribution >= 4 is 33.3 Å². The molecule has 5 heteroatoms. The Balaban J connectivity index is 2.04. The summed E-state index contributed by atoms with van der Waals surface area (Å²) in [6, 6.07) is 2.82. The molecule has 2 aromatic heterocycles. The first-order valence-corrected chi connectivity index (χ1v) is 8.32. The van der Waals surface area contributed by atoms with Crippen molar-refractivity contribution in [1.29, 1.82) is 0 Å². The van der Waals surface area contributed by atoms with Gasteiger partial charge in [-0.05, 0) is 37.1 Å². The third-order valence-corrected chi connectivity index (χ3v) is 4.27. The van der Waals surface area contributed by atoms with Crippen LogP contribution in [0, 0.1) is 5.92 Å². The number of rotatable bonds is 6. The quantitative estimate of drug-likeness (QED) is 0.879. The SMILES string of the molecule is CCNc1nc(N(CC(C)C)C2CC2)c2ccsc2n1. The van der Waals surface area contributed by atoms with Crippen molar-refractivity contribution in [3.63, 3.8) is 0 Å². The third-order valence-electron chi connectivity index (χ3n) is 3.46. The number of nitrogens with one attached hydrogen (secondary N) is 1. The first kappa shape index (κ1) is 13.6. The minimum Gasteiger partial charge on any atom is -0.354 e. The van der Waals surface area contributed by atoms with E-state index in [0.29, 0.717) is 12.0 Å². The number of hydrogen-bond acceptors (Lipinski definition) is 5. The van der Waals surface area contributed by atoms with Crippen LogP contribution in [0.3, 0.4) is 0 Å². The fourth-order valence-electron chi connectivity index (χ4n) is 2.48. The van der Waals surface area contributed by atoms with E-state index in [1.807, 2.05) is 0 Å². The molecule has 1 saturated carbocycles. The predicted octanol–water partition coefficient (Wildman–Crippen LogP) is 3.75. The molecule has 0 aromatic carbocycles. The molecule has 0 bridgehead atoms. The number of fused-ring (bicyclic) bond motifs is 1. The molecule has 0 aliphatic heterocycles. The molecule has 1 aliphatic rings. The maximum atomic E-state index is 4.79. The van der Waals surface area contributed by atoms with Gasteiger partial charge in [0.2, 0.25) is 5.95 Å². The van der Waals surface area contributed by atoms with Gasteiger partial charge in [0.1, 0.15) is 10.6 Å². The smallest absolute Gasteiger partial charge is 0.226 e. The summed E-state index contributed by atoms with van der Waals surface area (Å²) in [5.41, 5.74) is 0. The van der Waals surface area contributed by atoms with Crippen LogP contribution in [0.25, 0.3) is 10.2 Å². The normalized spacial score (nSPS) is 15.0. The van der Waals surface area contributed by atoms with Crippen molar-refractivity contribution < 1.29 is 0 Å². The van der Waals surface area contributed by atoms with Crippen LogP contribution in [0.15, 0.2) is 11.4 Å². The van der Waals surface area contributed by atoms with Crippen molar-refractivity contribution in [3.8, 4) is 0 Å². The topological polar surface area (TPSA) is 41.1 Å². The van der Waals surface area contributed by atoms with E-state index in [1.165, 1.54) is 18.2 Å². The molecular weight excluding hydrogens is 268 g/mol. The molecule has 1 aliphatic carbocycles. The summed E-state index contributed by atoms with van der Waals surface area (Å²) in [6.45, 7) is 8.54. The first-order chi connectivity index (χ1) is 9.69. The van der Waals surface area contributed by atoms with Gasteiger partial charge < -0.3 is 10.2 Å². The third kappa shape index (κ3) is 2.73. The van der Waals surface area contributed by atoms with E-state index in [4.69, 9.17) is 4.98 Å². The molecule has 1 N–H and O–H groups in total. The van der Waals surface area contributed by atoms with Crippen LogP contribution < -0.4 is 10.2 Å². The first-order valence-electron chi connectivity index (χ1n) is 7.44. The highest BCUT2D eigenvalue weighted by molar-refractivity contribution is 7.16. The van der Waals surface area contributed by atoms with Gasteiger partial charge in [0.05, 0.1) is 5.39 Å². The molecule has 0 unspecified atom stereocenters. The number of nitrogens with zero attached hydrogens (tertiary/aromatic N) is 3. The Bertz CT molecular complexity index is 589. The molecule has 0 saturated heterocycles. The molecule has 0 atom stereocenters. The monoisotopic (exact) mass is 290 g/mol. The Morgan fingerprint density at radius 3 is 2.85 bits per heavy atom. The van der Waals surface area contributed by atoms with Crippen LogP contribution in [0.5, 0.6) is 0 Å². The van der Waals surface area contributed by atoms with E-state index in [-0.39, 0.29) is 0 Å². The van der Waals surface area contributed by atoms with Crippen LogP contribution in [0.2, 0.25) is 0 Å². The molecule has 0 amide bonds. The average Bonchev–Trinajstić information content (AvgIpc) is 3.13. The molecule has 108 valence electrons. The number of anilines is 2. The molecule has 0 spiro atoms. The highest BCUT2D eigenvalue weighted by Gasteiger charge is 2.31. The Labute approximate surface area is 124 Å². The lowest BCUT2D eigenvalue weighted by Crippen LogP contribution is -2.31. The van der Waals surface area contributed by atoms with Crippen molar-refractivity contribution in [2.75, 3.05) is 23.3 Å². The van der Waals surface area contributed by atoms with Gasteiger partial charge in [0, 0.05) is 19.1 Å². The number of hydrogen-bond donors (Lipinski definition) is 1. The Hall–Kier alpha value is -1.36. The largest absolute Gasteiger partial charge is 0.354 e. The second-order valence-electron chi connectivity index (χ2n) is 5.82. The molecule has 1 fully saturated rings. The fraction of sp³-hybridized carbons (Fsp3) is 0.600. The van der Waals surface area contributed by atoms with E-state index >= 15 is 0 Å². The molecule has 20 heavy (non-hydrogen) atoms. The fourth-order valence-corrected chi connectivity index (χ4v) is 3.24. The minimum atomic E-state index is 0.641. The van der Waals surface area contributed by atoms with Gasteiger partial charge in [-0.1, -0.05) is 13.8 Å². The molecular formula is C15H22N4S. The van der Waals surface area contributed by atoms with Crippen molar-refractivity contribution in [3.05, 3.63) is 11.4 Å². The predicted molar refractivity (Wildman–Crippen MR) is 86.8 cm³/mol. The highest BCUT2D eigenvalue weighted by Crippen LogP contribution is 2.36. The summed E-state index contributed by atoms with van der Waals surface area (Å²) in [5, 5.41) is 6.56. The standard InChI is InChI=1S/C15H22N4S/c1-4-16-15-17-13(12-7-8-20-14(12)18-15)19(9-10(2)3)11-5-6-11/h7-8,10-11H,4-6,9H2,1-3H3,(H,16,17,18). The minimum absolute atomic E-state index is 0.641. The number of aromatic nitrogens is 2. The van der Waals surface area contributed by atoms with Crippen LogP contribution in [-0.4, -0.2) is 29.1 Å². The van der Waals surface area contributed by atoms with Crippen LogP contribution >= 0.6 is 11.3 Å². The van der Waals surface area contributed by atoms with Crippen molar-refractivity contribution in [2.45, 2.75) is 39.7 Å². The molecule has 4 nitrogen and oxygen atoms in total. The zero-order chi connectivity index (χ0) is 14.1. The second kappa shape index (κ2) is 5.56. The van der Waals surface area contributed by atoms with Gasteiger partial charge in [0.15, 0.2) is 0 Å². The molecule has 2 aromatic rings. The van der Waals surface area contributed by atoms with Gasteiger partial charge in [-0.3, -0.25) is 0 Å². The lowest BCUT2D eigenvalue weighted by molar-refractivity contribution is 0.604. The van der Waals surface area contributed by atoms with E-state index in [9.17, 15) is 0 Å². The summed E-state index contributed by atoms with van der Waals surface area (Å²) < 4.78 is 0. The van der Waals surface area contributed by atoms with Gasteiger partial charge >= 0.3 is 0 Å². The molecule has 3 rings (SSSR count). The second-order valence-corrected chi connectivity index (χ2v) is 6.71. The Morgan fingerprint density at radius 2 is 2.20 bits per heavy atom. The van der Waals surface area contributed by atoms with Gasteiger partial charge in [-0.15, -0.1) is 11.3 Å². The summed E-state index contributed by atoms with van der Waals surface area (Å²) in [5.74, 6) is 2.51. The maximum Gasteiger partial charge on any atom is 0.226 e. The zero-order valence-electron chi connectivity index (χ0n) is 12.4. The van der Waals surface area contributed by atoms with Gasteiger partial charge in [-0.25, -0.2) is 4.98 Å².